The van der Waals surface area contributed by atoms with Crippen LogP contribution in [0.5, 0.6) is 0 Å². The first kappa shape index (κ1) is 21.7. The maximum absolute atomic E-state index is 12.7. The molecule has 3 rings (SSSR count). The predicted molar refractivity (Wildman–Crippen MR) is 107 cm³/mol. The van der Waals surface area contributed by atoms with E-state index in [9.17, 15) is 4.79 Å². The lowest BCUT2D eigenvalue weighted by atomic mass is 9.91. The Balaban J connectivity index is 0.00000156. The molecule has 25 heavy (non-hydrogen) atoms. The van der Waals surface area contributed by atoms with Crippen molar-refractivity contribution in [2.24, 2.45) is 11.8 Å². The zero-order valence-corrected chi connectivity index (χ0v) is 16.5. The number of para-hydroxylation sites is 2. The topological polar surface area (TPSA) is 69.8 Å². The van der Waals surface area contributed by atoms with Crippen LogP contribution in [0.4, 0.5) is 0 Å². The molecule has 5 nitrogen and oxygen atoms in total. The molecule has 1 aliphatic rings. The Labute approximate surface area is 161 Å². The molecule has 0 bridgehead atoms. The van der Waals surface area contributed by atoms with Gasteiger partial charge in [-0.2, -0.15) is 0 Å². The highest BCUT2D eigenvalue weighted by molar-refractivity contribution is 5.85. The third-order valence-electron chi connectivity index (χ3n) is 4.66. The van der Waals surface area contributed by atoms with Gasteiger partial charge in [0.2, 0.25) is 5.91 Å². The lowest BCUT2D eigenvalue weighted by Crippen LogP contribution is -2.44. The van der Waals surface area contributed by atoms with Gasteiger partial charge in [0.1, 0.15) is 5.82 Å². The molecule has 3 N–H and O–H groups in total. The third kappa shape index (κ3) is 5.09. The van der Waals surface area contributed by atoms with Crippen molar-refractivity contribution in [3.63, 3.8) is 0 Å². The van der Waals surface area contributed by atoms with Crippen molar-refractivity contribution in [1.82, 2.24) is 20.6 Å². The van der Waals surface area contributed by atoms with E-state index in [0.717, 1.165) is 36.2 Å². The van der Waals surface area contributed by atoms with E-state index in [1.807, 2.05) is 24.3 Å². The fourth-order valence-corrected chi connectivity index (χ4v) is 3.31. The van der Waals surface area contributed by atoms with Gasteiger partial charge in [-0.3, -0.25) is 4.79 Å². The van der Waals surface area contributed by atoms with E-state index in [0.29, 0.717) is 6.04 Å². The molecule has 0 saturated carbocycles. The number of benzene rings is 1. The van der Waals surface area contributed by atoms with E-state index in [1.165, 1.54) is 0 Å². The summed E-state index contributed by atoms with van der Waals surface area (Å²) in [6.07, 6.45) is 1.80. The van der Waals surface area contributed by atoms with Gasteiger partial charge in [0.25, 0.3) is 0 Å². The minimum atomic E-state index is -0.0832. The second-order valence-corrected chi connectivity index (χ2v) is 6.95. The van der Waals surface area contributed by atoms with Crippen LogP contribution in [0.1, 0.15) is 45.5 Å². The van der Waals surface area contributed by atoms with Crippen molar-refractivity contribution in [1.29, 1.82) is 0 Å². The Morgan fingerprint density at radius 2 is 2.00 bits per heavy atom. The second-order valence-electron chi connectivity index (χ2n) is 6.95. The largest absolute Gasteiger partial charge is 0.346 e. The van der Waals surface area contributed by atoms with Gasteiger partial charge < -0.3 is 15.6 Å². The van der Waals surface area contributed by atoms with Crippen LogP contribution in [0, 0.1) is 11.8 Å². The smallest absolute Gasteiger partial charge is 0.223 e. The van der Waals surface area contributed by atoms with E-state index < -0.39 is 0 Å². The molecule has 2 heterocycles. The fourth-order valence-electron chi connectivity index (χ4n) is 3.31. The minimum absolute atomic E-state index is 0. The molecule has 7 heteroatoms. The molecule has 0 radical (unpaired) electrons. The number of piperidine rings is 1. The van der Waals surface area contributed by atoms with Crippen LogP contribution in [0.2, 0.25) is 0 Å². The first-order valence-corrected chi connectivity index (χ1v) is 8.53. The number of carbonyl (C=O) groups excluding carboxylic acids is 1. The highest BCUT2D eigenvalue weighted by Gasteiger charge is 2.28. The Bertz CT molecular complexity index is 656. The standard InChI is InChI=1S/C18H26N4O.2ClH/c1-11(2)16(17-20-14-6-4-5-7-15(14)21-17)22-18(23)13-8-9-19-12(3)10-13;;/h4-7,11-13,16,19H,8-10H2,1-3H3,(H,20,21)(H,22,23);2*1H/t12-,13-,16?;;/m0../s1. The number of carbonyl (C=O) groups is 1. The fraction of sp³-hybridized carbons (Fsp3) is 0.556. The van der Waals surface area contributed by atoms with Crippen LogP contribution in [0.3, 0.4) is 0 Å². The van der Waals surface area contributed by atoms with Crippen LogP contribution in [-0.4, -0.2) is 28.5 Å². The van der Waals surface area contributed by atoms with Crippen molar-refractivity contribution >= 4 is 41.8 Å². The first-order valence-electron chi connectivity index (χ1n) is 8.53. The molecule has 1 aromatic carbocycles. The van der Waals surface area contributed by atoms with Gasteiger partial charge in [0.05, 0.1) is 17.1 Å². The summed E-state index contributed by atoms with van der Waals surface area (Å²) >= 11 is 0. The molecule has 3 atom stereocenters. The Hall–Kier alpha value is -1.30. The summed E-state index contributed by atoms with van der Waals surface area (Å²) in [5, 5.41) is 6.62. The average molecular weight is 387 g/mol. The van der Waals surface area contributed by atoms with E-state index in [-0.39, 0.29) is 48.6 Å². The van der Waals surface area contributed by atoms with Crippen molar-refractivity contribution in [2.75, 3.05) is 6.54 Å². The van der Waals surface area contributed by atoms with E-state index in [4.69, 9.17) is 0 Å². The number of fused-ring (bicyclic) bond motifs is 1. The number of H-pyrrole nitrogens is 1. The van der Waals surface area contributed by atoms with Gasteiger partial charge in [-0.1, -0.05) is 26.0 Å². The molecule has 0 spiro atoms. The Kier molecular flexibility index (Phi) is 8.19. The maximum atomic E-state index is 12.7. The molecule has 1 aliphatic heterocycles. The number of hydrogen-bond acceptors (Lipinski definition) is 3. The minimum Gasteiger partial charge on any atom is -0.346 e. The highest BCUT2D eigenvalue weighted by Crippen LogP contribution is 2.24. The average Bonchev–Trinajstić information content (AvgIpc) is 2.95. The number of halogens is 2. The molecule has 140 valence electrons. The third-order valence-corrected chi connectivity index (χ3v) is 4.66. The number of nitrogens with one attached hydrogen (secondary N) is 3. The number of imidazole rings is 1. The van der Waals surface area contributed by atoms with Gasteiger partial charge in [-0.05, 0) is 44.4 Å². The SMILES string of the molecule is CC(C)C(NC(=O)[C@H]1CCN[C@@H](C)C1)c1nc2ccccc2[nH]1.Cl.Cl. The molecule has 1 fully saturated rings. The van der Waals surface area contributed by atoms with E-state index in [2.05, 4.69) is 41.4 Å². The molecular weight excluding hydrogens is 359 g/mol. The first-order chi connectivity index (χ1) is 11.0. The summed E-state index contributed by atoms with van der Waals surface area (Å²) in [6.45, 7) is 7.28. The Morgan fingerprint density at radius 3 is 2.64 bits per heavy atom. The molecule has 1 unspecified atom stereocenters. The summed E-state index contributed by atoms with van der Waals surface area (Å²) in [5.41, 5.74) is 1.95. The molecule has 1 saturated heterocycles. The van der Waals surface area contributed by atoms with Crippen molar-refractivity contribution < 1.29 is 4.79 Å². The number of hydrogen-bond donors (Lipinski definition) is 3. The van der Waals surface area contributed by atoms with Crippen LogP contribution < -0.4 is 10.6 Å². The number of rotatable bonds is 4. The number of aromatic amines is 1. The quantitative estimate of drug-likeness (QED) is 0.751. The molecule has 1 amide bonds. The van der Waals surface area contributed by atoms with Gasteiger partial charge >= 0.3 is 0 Å². The van der Waals surface area contributed by atoms with Crippen LogP contribution >= 0.6 is 24.8 Å². The molecule has 1 aromatic heterocycles. The summed E-state index contributed by atoms with van der Waals surface area (Å²) in [7, 11) is 0. The summed E-state index contributed by atoms with van der Waals surface area (Å²) in [6, 6.07) is 8.29. The van der Waals surface area contributed by atoms with Crippen LogP contribution in [0.25, 0.3) is 11.0 Å². The lowest BCUT2D eigenvalue weighted by molar-refractivity contribution is -0.127. The summed E-state index contributed by atoms with van der Waals surface area (Å²) in [5.74, 6) is 1.37. The zero-order chi connectivity index (χ0) is 16.4. The zero-order valence-electron chi connectivity index (χ0n) is 14.9. The molecule has 0 aliphatic carbocycles. The van der Waals surface area contributed by atoms with Crippen molar-refractivity contribution in [3.05, 3.63) is 30.1 Å². The van der Waals surface area contributed by atoms with Crippen LogP contribution in [-0.2, 0) is 4.79 Å². The highest BCUT2D eigenvalue weighted by atomic mass is 35.5. The number of aromatic nitrogens is 2. The Morgan fingerprint density at radius 1 is 1.28 bits per heavy atom. The number of amides is 1. The summed E-state index contributed by atoms with van der Waals surface area (Å²) in [4.78, 5) is 20.7. The van der Waals surface area contributed by atoms with Gasteiger partial charge in [-0.25, -0.2) is 4.98 Å². The monoisotopic (exact) mass is 386 g/mol. The lowest BCUT2D eigenvalue weighted by Gasteiger charge is -2.29. The maximum Gasteiger partial charge on any atom is 0.223 e. The normalized spacial score (nSPS) is 21.3. The molecular formula is C18H28Cl2N4O. The van der Waals surface area contributed by atoms with E-state index >= 15 is 0 Å². The number of nitrogens with zero attached hydrogens (tertiary/aromatic N) is 1. The van der Waals surface area contributed by atoms with Gasteiger partial charge in [0.15, 0.2) is 0 Å². The van der Waals surface area contributed by atoms with Crippen molar-refractivity contribution in [2.45, 2.75) is 45.7 Å². The summed E-state index contributed by atoms with van der Waals surface area (Å²) < 4.78 is 0. The second kappa shape index (κ2) is 9.41. The van der Waals surface area contributed by atoms with Crippen LogP contribution in [0.15, 0.2) is 24.3 Å². The van der Waals surface area contributed by atoms with Gasteiger partial charge in [0, 0.05) is 12.0 Å². The van der Waals surface area contributed by atoms with Gasteiger partial charge in [-0.15, -0.1) is 24.8 Å². The van der Waals surface area contributed by atoms with Crippen molar-refractivity contribution in [3.8, 4) is 0 Å². The molecule has 2 aromatic rings. The predicted octanol–water partition coefficient (Wildman–Crippen LogP) is 3.61. The van der Waals surface area contributed by atoms with E-state index in [1.54, 1.807) is 0 Å².